The lowest BCUT2D eigenvalue weighted by Crippen LogP contribution is -2.43. The molecule has 1 saturated carbocycles. The second-order valence-electron chi connectivity index (χ2n) is 5.77. The Kier molecular flexibility index (Phi) is 2.67. The van der Waals surface area contributed by atoms with Gasteiger partial charge in [0, 0.05) is 13.6 Å². The van der Waals surface area contributed by atoms with E-state index in [1.807, 2.05) is 7.05 Å². The van der Waals surface area contributed by atoms with Crippen molar-refractivity contribution >= 4 is 5.91 Å². The number of hydrogen-bond acceptors (Lipinski definition) is 2. The molecule has 96 valence electrons. The molecule has 18 heavy (non-hydrogen) atoms. The quantitative estimate of drug-likeness (QED) is 0.878. The summed E-state index contributed by atoms with van der Waals surface area (Å²) < 4.78 is 0. The van der Waals surface area contributed by atoms with E-state index in [9.17, 15) is 4.79 Å². The van der Waals surface area contributed by atoms with Gasteiger partial charge in [0.25, 0.3) is 0 Å². The minimum Gasteiger partial charge on any atom is -0.340 e. The van der Waals surface area contributed by atoms with E-state index >= 15 is 0 Å². The molecule has 0 aliphatic heterocycles. The summed E-state index contributed by atoms with van der Waals surface area (Å²) in [5.41, 5.74) is 9.55. The van der Waals surface area contributed by atoms with Crippen molar-refractivity contribution in [3.63, 3.8) is 0 Å². The molecule has 0 atom stereocenters. The van der Waals surface area contributed by atoms with Crippen molar-refractivity contribution in [1.29, 1.82) is 0 Å². The molecule has 0 heterocycles. The van der Waals surface area contributed by atoms with Crippen LogP contribution in [0.3, 0.4) is 0 Å². The van der Waals surface area contributed by atoms with Crippen LogP contribution in [-0.2, 0) is 24.2 Å². The smallest absolute Gasteiger partial charge is 0.242 e. The molecule has 1 fully saturated rings. The van der Waals surface area contributed by atoms with E-state index in [2.05, 4.69) is 18.2 Å². The van der Waals surface area contributed by atoms with Gasteiger partial charge in [-0.3, -0.25) is 4.79 Å². The maximum Gasteiger partial charge on any atom is 0.242 e. The first-order valence-corrected chi connectivity index (χ1v) is 6.74. The Labute approximate surface area is 108 Å². The monoisotopic (exact) mass is 244 g/mol. The molecule has 1 amide bonds. The summed E-state index contributed by atoms with van der Waals surface area (Å²) in [4.78, 5) is 13.8. The lowest BCUT2D eigenvalue weighted by molar-refractivity contribution is -0.132. The summed E-state index contributed by atoms with van der Waals surface area (Å²) in [7, 11) is 1.85. The summed E-state index contributed by atoms with van der Waals surface area (Å²) in [6, 6.07) is 6.61. The van der Waals surface area contributed by atoms with Gasteiger partial charge in [-0.05, 0) is 48.8 Å². The molecule has 2 aliphatic rings. The Balaban J connectivity index is 1.71. The number of benzene rings is 1. The molecular weight excluding hydrogens is 224 g/mol. The minimum absolute atomic E-state index is 0.0861. The highest BCUT2D eigenvalue weighted by Gasteiger charge is 2.47. The van der Waals surface area contributed by atoms with Crippen LogP contribution in [0.15, 0.2) is 18.2 Å². The largest absolute Gasteiger partial charge is 0.340 e. The fraction of sp³-hybridized carbons (Fsp3) is 0.533. The summed E-state index contributed by atoms with van der Waals surface area (Å²) in [6.07, 6.45) is 5.32. The molecule has 0 saturated heterocycles. The number of rotatable bonds is 3. The topological polar surface area (TPSA) is 46.3 Å². The van der Waals surface area contributed by atoms with E-state index < -0.39 is 5.54 Å². The van der Waals surface area contributed by atoms with Crippen LogP contribution < -0.4 is 5.73 Å². The highest BCUT2D eigenvalue weighted by molar-refractivity contribution is 5.88. The fourth-order valence-electron chi connectivity index (χ4n) is 2.80. The molecule has 3 heteroatoms. The molecule has 0 aromatic heterocycles. The summed E-state index contributed by atoms with van der Waals surface area (Å²) >= 11 is 0. The Hall–Kier alpha value is -1.35. The highest BCUT2D eigenvalue weighted by atomic mass is 16.2. The molecule has 3 nitrogen and oxygen atoms in total. The normalized spacial score (nSPS) is 19.4. The lowest BCUT2D eigenvalue weighted by atomic mass is 10.1. The van der Waals surface area contributed by atoms with Crippen molar-refractivity contribution in [1.82, 2.24) is 4.90 Å². The van der Waals surface area contributed by atoms with Crippen molar-refractivity contribution in [2.45, 2.75) is 44.2 Å². The standard InChI is InChI=1S/C15H20N2O/c1-17(14(18)15(16)7-8-15)10-11-5-6-12-3-2-4-13(12)9-11/h5-6,9H,2-4,7-8,10,16H2,1H3. The number of carbonyl (C=O) groups excluding carboxylic acids is 1. The number of nitrogens with zero attached hydrogens (tertiary/aromatic N) is 1. The zero-order valence-electron chi connectivity index (χ0n) is 10.9. The van der Waals surface area contributed by atoms with Crippen molar-refractivity contribution in [2.75, 3.05) is 7.05 Å². The molecule has 1 aromatic carbocycles. The number of carbonyl (C=O) groups is 1. The van der Waals surface area contributed by atoms with Gasteiger partial charge in [0.2, 0.25) is 5.91 Å². The fourth-order valence-corrected chi connectivity index (χ4v) is 2.80. The van der Waals surface area contributed by atoms with Gasteiger partial charge < -0.3 is 10.6 Å². The predicted octanol–water partition coefficient (Wildman–Crippen LogP) is 1.62. The number of nitrogens with two attached hydrogens (primary N) is 1. The van der Waals surface area contributed by atoms with Crippen LogP contribution in [0.1, 0.15) is 36.0 Å². The molecule has 1 aromatic rings. The van der Waals surface area contributed by atoms with E-state index in [1.54, 1.807) is 4.90 Å². The molecule has 2 aliphatic carbocycles. The van der Waals surface area contributed by atoms with Crippen LogP contribution in [-0.4, -0.2) is 23.4 Å². The number of fused-ring (bicyclic) bond motifs is 1. The summed E-state index contributed by atoms with van der Waals surface area (Å²) in [5, 5.41) is 0. The Morgan fingerprint density at radius 1 is 1.33 bits per heavy atom. The molecular formula is C15H20N2O. The third kappa shape index (κ3) is 2.03. The van der Waals surface area contributed by atoms with E-state index in [0.29, 0.717) is 6.54 Å². The lowest BCUT2D eigenvalue weighted by Gasteiger charge is -2.21. The van der Waals surface area contributed by atoms with Crippen molar-refractivity contribution in [3.05, 3.63) is 34.9 Å². The molecule has 0 unspecified atom stereocenters. The highest BCUT2D eigenvalue weighted by Crippen LogP contribution is 2.34. The number of aryl methyl sites for hydroxylation is 2. The predicted molar refractivity (Wildman–Crippen MR) is 71.1 cm³/mol. The van der Waals surface area contributed by atoms with Crippen LogP contribution in [0.25, 0.3) is 0 Å². The van der Waals surface area contributed by atoms with E-state index in [1.165, 1.54) is 36.0 Å². The zero-order chi connectivity index (χ0) is 12.8. The Bertz CT molecular complexity index is 491. The van der Waals surface area contributed by atoms with Crippen LogP contribution >= 0.6 is 0 Å². The van der Waals surface area contributed by atoms with Crippen molar-refractivity contribution in [2.24, 2.45) is 5.73 Å². The Morgan fingerprint density at radius 3 is 2.78 bits per heavy atom. The van der Waals surface area contributed by atoms with Crippen LogP contribution in [0.4, 0.5) is 0 Å². The molecule has 2 N–H and O–H groups in total. The van der Waals surface area contributed by atoms with Gasteiger partial charge in [0.15, 0.2) is 0 Å². The second kappa shape index (κ2) is 4.09. The third-order valence-electron chi connectivity index (χ3n) is 4.14. The third-order valence-corrected chi connectivity index (χ3v) is 4.14. The molecule has 0 spiro atoms. The first-order chi connectivity index (χ1) is 8.58. The Morgan fingerprint density at radius 2 is 2.06 bits per heavy atom. The number of hydrogen-bond donors (Lipinski definition) is 1. The van der Waals surface area contributed by atoms with Crippen molar-refractivity contribution in [3.8, 4) is 0 Å². The van der Waals surface area contributed by atoms with E-state index in [0.717, 1.165) is 12.8 Å². The second-order valence-corrected chi connectivity index (χ2v) is 5.77. The first kappa shape index (κ1) is 11.7. The van der Waals surface area contributed by atoms with Crippen LogP contribution in [0, 0.1) is 0 Å². The minimum atomic E-state index is -0.550. The zero-order valence-corrected chi connectivity index (χ0v) is 10.9. The van der Waals surface area contributed by atoms with Gasteiger partial charge in [0.1, 0.15) is 0 Å². The number of likely N-dealkylation sites (N-methyl/N-ethyl adjacent to an activating group) is 1. The SMILES string of the molecule is CN(Cc1ccc2c(c1)CCC2)C(=O)C1(N)CC1. The maximum atomic E-state index is 12.1. The van der Waals surface area contributed by atoms with Gasteiger partial charge in [-0.25, -0.2) is 0 Å². The molecule has 0 radical (unpaired) electrons. The van der Waals surface area contributed by atoms with Crippen molar-refractivity contribution < 1.29 is 4.79 Å². The summed E-state index contributed by atoms with van der Waals surface area (Å²) in [6.45, 7) is 0.672. The van der Waals surface area contributed by atoms with Crippen LogP contribution in [0.5, 0.6) is 0 Å². The average Bonchev–Trinajstić information content (AvgIpc) is 2.93. The maximum absolute atomic E-state index is 12.1. The molecule has 3 rings (SSSR count). The van der Waals surface area contributed by atoms with Crippen LogP contribution in [0.2, 0.25) is 0 Å². The van der Waals surface area contributed by atoms with Gasteiger partial charge in [-0.1, -0.05) is 18.2 Å². The van der Waals surface area contributed by atoms with Gasteiger partial charge >= 0.3 is 0 Å². The van der Waals surface area contributed by atoms with E-state index in [-0.39, 0.29) is 5.91 Å². The summed E-state index contributed by atoms with van der Waals surface area (Å²) in [5.74, 6) is 0.0861. The first-order valence-electron chi connectivity index (χ1n) is 6.74. The molecule has 0 bridgehead atoms. The van der Waals surface area contributed by atoms with Gasteiger partial charge in [0.05, 0.1) is 5.54 Å². The average molecular weight is 244 g/mol. The number of amides is 1. The van der Waals surface area contributed by atoms with Gasteiger partial charge in [-0.2, -0.15) is 0 Å². The van der Waals surface area contributed by atoms with Gasteiger partial charge in [-0.15, -0.1) is 0 Å². The van der Waals surface area contributed by atoms with E-state index in [4.69, 9.17) is 5.73 Å².